The van der Waals surface area contributed by atoms with Crippen LogP contribution in [0.4, 0.5) is 0 Å². The average Bonchev–Trinajstić information content (AvgIpc) is 2.47. The van der Waals surface area contributed by atoms with Gasteiger partial charge in [0, 0.05) is 31.6 Å². The van der Waals surface area contributed by atoms with Gasteiger partial charge in [-0.05, 0) is 11.8 Å². The summed E-state index contributed by atoms with van der Waals surface area (Å²) in [5, 5.41) is 10.5. The second-order valence-corrected chi connectivity index (χ2v) is 5.09. The fraction of sp³-hybridized carbons (Fsp3) is 0.267. The lowest BCUT2D eigenvalue weighted by Crippen LogP contribution is -2.28. The maximum Gasteiger partial charge on any atom is 0.303 e. The van der Waals surface area contributed by atoms with E-state index in [1.54, 1.807) is 7.05 Å². The number of aromatic nitrogens is 1. The van der Waals surface area contributed by atoms with Crippen molar-refractivity contribution in [3.05, 3.63) is 41.2 Å². The quantitative estimate of drug-likeness (QED) is 0.862. The number of rotatable bonds is 5. The van der Waals surface area contributed by atoms with Gasteiger partial charge in [-0.25, -0.2) is 4.98 Å². The van der Waals surface area contributed by atoms with Crippen LogP contribution in [-0.2, 0) is 4.79 Å². The first-order valence-corrected chi connectivity index (χ1v) is 6.89. The molecule has 2 rings (SSSR count). The van der Waals surface area contributed by atoms with E-state index in [1.807, 2.05) is 24.3 Å². The molecule has 1 amide bonds. The van der Waals surface area contributed by atoms with Crippen molar-refractivity contribution in [2.75, 3.05) is 13.6 Å². The van der Waals surface area contributed by atoms with E-state index in [0.29, 0.717) is 23.7 Å². The Labute approximate surface area is 127 Å². The maximum absolute atomic E-state index is 12.4. The number of hydrogen-bond acceptors (Lipinski definition) is 3. The Bertz CT molecular complexity index is 688. The zero-order chi connectivity index (χ0) is 15.4. The number of fused-ring (bicyclic) bond motifs is 1. The van der Waals surface area contributed by atoms with Crippen molar-refractivity contribution in [1.29, 1.82) is 0 Å². The maximum atomic E-state index is 12.4. The monoisotopic (exact) mass is 306 g/mol. The molecule has 0 aliphatic carbocycles. The van der Waals surface area contributed by atoms with E-state index in [0.717, 1.165) is 10.8 Å². The van der Waals surface area contributed by atoms with Gasteiger partial charge < -0.3 is 10.0 Å². The summed E-state index contributed by atoms with van der Waals surface area (Å²) in [6, 6.07) is 7.30. The highest BCUT2D eigenvalue weighted by molar-refractivity contribution is 6.34. The number of pyridine rings is 1. The Morgan fingerprint density at radius 2 is 1.95 bits per heavy atom. The molecule has 5 nitrogen and oxygen atoms in total. The number of carboxylic acid groups (broad SMARTS) is 1. The minimum Gasteiger partial charge on any atom is -0.481 e. The summed E-state index contributed by atoms with van der Waals surface area (Å²) in [5.41, 5.74) is 0.466. The van der Waals surface area contributed by atoms with Gasteiger partial charge in [0.25, 0.3) is 5.91 Å². The molecule has 110 valence electrons. The largest absolute Gasteiger partial charge is 0.481 e. The summed E-state index contributed by atoms with van der Waals surface area (Å²) in [7, 11) is 1.65. The molecule has 0 radical (unpaired) electrons. The summed E-state index contributed by atoms with van der Waals surface area (Å²) in [5.74, 6) is -1.06. The molecule has 2 aromatic rings. The summed E-state index contributed by atoms with van der Waals surface area (Å²) in [4.78, 5) is 28.5. The van der Waals surface area contributed by atoms with Crippen LogP contribution in [0, 0.1) is 0 Å². The van der Waals surface area contributed by atoms with E-state index in [-0.39, 0.29) is 12.3 Å². The highest BCUT2D eigenvalue weighted by Crippen LogP contribution is 2.24. The van der Waals surface area contributed by atoms with Gasteiger partial charge in [-0.15, -0.1) is 0 Å². The molecule has 0 aliphatic rings. The first kappa shape index (κ1) is 15.3. The second-order valence-electron chi connectivity index (χ2n) is 4.73. The van der Waals surface area contributed by atoms with E-state index in [2.05, 4.69) is 4.98 Å². The molecular weight excluding hydrogens is 292 g/mol. The number of benzene rings is 1. The van der Waals surface area contributed by atoms with Crippen LogP contribution in [0.3, 0.4) is 0 Å². The smallest absolute Gasteiger partial charge is 0.303 e. The van der Waals surface area contributed by atoms with Crippen LogP contribution < -0.4 is 0 Å². The first-order valence-electron chi connectivity index (χ1n) is 6.51. The molecule has 0 fully saturated rings. The molecule has 1 heterocycles. The SMILES string of the molecule is CN(CCCC(=O)O)C(=O)c1cnc(Cl)c2ccccc12. The number of halogens is 1. The van der Waals surface area contributed by atoms with E-state index in [9.17, 15) is 9.59 Å². The molecule has 0 unspecified atom stereocenters. The number of nitrogens with zero attached hydrogens (tertiary/aromatic N) is 2. The molecule has 1 aromatic carbocycles. The van der Waals surface area contributed by atoms with Crippen LogP contribution in [0.1, 0.15) is 23.2 Å². The standard InChI is InChI=1S/C15H15ClN2O3/c1-18(8-4-7-13(19)20)15(21)12-9-17-14(16)11-6-3-2-5-10(11)12/h2-3,5-6,9H,4,7-8H2,1H3,(H,19,20). The van der Waals surface area contributed by atoms with E-state index >= 15 is 0 Å². The number of aliphatic carboxylic acids is 1. The van der Waals surface area contributed by atoms with E-state index in [1.165, 1.54) is 11.1 Å². The van der Waals surface area contributed by atoms with Crippen molar-refractivity contribution < 1.29 is 14.7 Å². The van der Waals surface area contributed by atoms with Crippen molar-refractivity contribution in [1.82, 2.24) is 9.88 Å². The lowest BCUT2D eigenvalue weighted by atomic mass is 10.1. The summed E-state index contributed by atoms with van der Waals surface area (Å²) in [6.45, 7) is 0.377. The molecule has 1 aromatic heterocycles. The minimum absolute atomic E-state index is 0.0389. The normalized spacial score (nSPS) is 10.6. The first-order chi connectivity index (χ1) is 10.0. The van der Waals surface area contributed by atoms with Gasteiger partial charge >= 0.3 is 5.97 Å². The summed E-state index contributed by atoms with van der Waals surface area (Å²) >= 11 is 6.03. The molecule has 1 N–H and O–H groups in total. The topological polar surface area (TPSA) is 70.5 Å². The molecule has 0 atom stereocenters. The van der Waals surface area contributed by atoms with Crippen LogP contribution >= 0.6 is 11.6 Å². The van der Waals surface area contributed by atoms with Crippen molar-refractivity contribution in [2.45, 2.75) is 12.8 Å². The highest BCUT2D eigenvalue weighted by Gasteiger charge is 2.16. The van der Waals surface area contributed by atoms with Gasteiger partial charge in [-0.3, -0.25) is 9.59 Å². The van der Waals surface area contributed by atoms with Crippen LogP contribution in [0.15, 0.2) is 30.5 Å². The zero-order valence-electron chi connectivity index (χ0n) is 11.5. The van der Waals surface area contributed by atoms with Crippen LogP contribution in [0.5, 0.6) is 0 Å². The number of carboxylic acids is 1. The van der Waals surface area contributed by atoms with Gasteiger partial charge in [0.15, 0.2) is 0 Å². The number of carbonyl (C=O) groups is 2. The third-order valence-electron chi connectivity index (χ3n) is 3.21. The Morgan fingerprint density at radius 1 is 1.29 bits per heavy atom. The highest BCUT2D eigenvalue weighted by atomic mass is 35.5. The molecule has 6 heteroatoms. The molecular formula is C15H15ClN2O3. The van der Waals surface area contributed by atoms with Crippen molar-refractivity contribution in [3.8, 4) is 0 Å². The molecule has 0 bridgehead atoms. The Morgan fingerprint density at radius 3 is 2.62 bits per heavy atom. The average molecular weight is 307 g/mol. The van der Waals surface area contributed by atoms with Crippen LogP contribution in [0.25, 0.3) is 10.8 Å². The zero-order valence-corrected chi connectivity index (χ0v) is 12.3. The molecule has 0 saturated heterocycles. The Kier molecular flexibility index (Phi) is 4.75. The predicted octanol–water partition coefficient (Wildman–Crippen LogP) is 2.83. The van der Waals surface area contributed by atoms with E-state index < -0.39 is 5.97 Å². The fourth-order valence-corrected chi connectivity index (χ4v) is 2.32. The Balaban J connectivity index is 2.23. The second kappa shape index (κ2) is 6.54. The number of carbonyl (C=O) groups excluding carboxylic acids is 1. The molecule has 0 saturated carbocycles. The van der Waals surface area contributed by atoms with Gasteiger partial charge in [0.05, 0.1) is 5.56 Å². The third kappa shape index (κ3) is 3.49. The van der Waals surface area contributed by atoms with Crippen LogP contribution in [-0.4, -0.2) is 40.5 Å². The Hall–Kier alpha value is -2.14. The molecule has 0 aliphatic heterocycles. The van der Waals surface area contributed by atoms with Gasteiger partial charge in [0.2, 0.25) is 0 Å². The van der Waals surface area contributed by atoms with Crippen molar-refractivity contribution in [2.24, 2.45) is 0 Å². The fourth-order valence-electron chi connectivity index (χ4n) is 2.10. The van der Waals surface area contributed by atoms with Gasteiger partial charge in [-0.1, -0.05) is 35.9 Å². The van der Waals surface area contributed by atoms with Crippen molar-refractivity contribution in [3.63, 3.8) is 0 Å². The predicted molar refractivity (Wildman–Crippen MR) is 80.6 cm³/mol. The number of hydrogen-bond donors (Lipinski definition) is 1. The van der Waals surface area contributed by atoms with E-state index in [4.69, 9.17) is 16.7 Å². The lowest BCUT2D eigenvalue weighted by molar-refractivity contribution is -0.137. The summed E-state index contributed by atoms with van der Waals surface area (Å²) < 4.78 is 0. The number of amides is 1. The molecule has 21 heavy (non-hydrogen) atoms. The van der Waals surface area contributed by atoms with Crippen LogP contribution in [0.2, 0.25) is 5.15 Å². The van der Waals surface area contributed by atoms with Gasteiger partial charge in [-0.2, -0.15) is 0 Å². The summed E-state index contributed by atoms with van der Waals surface area (Å²) in [6.07, 6.45) is 1.91. The molecule has 0 spiro atoms. The van der Waals surface area contributed by atoms with Gasteiger partial charge in [0.1, 0.15) is 5.15 Å². The van der Waals surface area contributed by atoms with Crippen molar-refractivity contribution >= 4 is 34.2 Å². The minimum atomic E-state index is -0.866. The third-order valence-corrected chi connectivity index (χ3v) is 3.51. The lowest BCUT2D eigenvalue weighted by Gasteiger charge is -2.17.